The molecule has 1 aromatic heterocycles. The molecule has 1 rings (SSSR count). The molecule has 0 radical (unpaired) electrons. The van der Waals surface area contributed by atoms with Crippen molar-refractivity contribution in [1.29, 1.82) is 0 Å². The quantitative estimate of drug-likeness (QED) is 0.835. The van der Waals surface area contributed by atoms with Crippen molar-refractivity contribution >= 4 is 10.0 Å². The first-order valence-corrected chi connectivity index (χ1v) is 7.73. The maximum absolute atomic E-state index is 12.3. The molecular formula is C12H17F3N2O3S. The van der Waals surface area contributed by atoms with Crippen molar-refractivity contribution in [3.05, 3.63) is 24.0 Å². The van der Waals surface area contributed by atoms with Gasteiger partial charge in [0.1, 0.15) is 10.6 Å². The summed E-state index contributed by atoms with van der Waals surface area (Å²) in [5, 5.41) is 9.55. The average molecular weight is 326 g/mol. The van der Waals surface area contributed by atoms with Crippen LogP contribution in [0.3, 0.4) is 0 Å². The van der Waals surface area contributed by atoms with E-state index in [9.17, 15) is 26.7 Å². The monoisotopic (exact) mass is 326 g/mol. The smallest absolute Gasteiger partial charge is 0.393 e. The Morgan fingerprint density at radius 3 is 2.38 bits per heavy atom. The SMILES string of the molecule is CC(C)[C@H](O)CCNS(=O)(=O)c1ccc(C(F)(F)F)nc1. The molecule has 1 heterocycles. The Hall–Kier alpha value is -1.19. The van der Waals surface area contributed by atoms with E-state index in [0.717, 1.165) is 6.07 Å². The number of sulfonamides is 1. The van der Waals surface area contributed by atoms with Gasteiger partial charge in [-0.3, -0.25) is 4.98 Å². The highest BCUT2D eigenvalue weighted by Crippen LogP contribution is 2.27. The summed E-state index contributed by atoms with van der Waals surface area (Å²) in [6.07, 6.45) is -4.40. The lowest BCUT2D eigenvalue weighted by molar-refractivity contribution is -0.141. The fourth-order valence-electron chi connectivity index (χ4n) is 1.46. The lowest BCUT2D eigenvalue weighted by Gasteiger charge is -2.14. The molecule has 0 fully saturated rings. The number of pyridine rings is 1. The summed E-state index contributed by atoms with van der Waals surface area (Å²) in [7, 11) is -3.93. The van der Waals surface area contributed by atoms with Gasteiger partial charge in [0, 0.05) is 12.7 Å². The van der Waals surface area contributed by atoms with Crippen molar-refractivity contribution in [1.82, 2.24) is 9.71 Å². The van der Waals surface area contributed by atoms with Gasteiger partial charge < -0.3 is 5.11 Å². The van der Waals surface area contributed by atoms with Crippen LogP contribution in [0, 0.1) is 5.92 Å². The molecule has 1 aromatic rings. The first-order valence-electron chi connectivity index (χ1n) is 6.25. The summed E-state index contributed by atoms with van der Waals surface area (Å²) in [5.74, 6) is -0.0118. The number of nitrogens with zero attached hydrogens (tertiary/aromatic N) is 1. The first kappa shape index (κ1) is 17.9. The van der Waals surface area contributed by atoms with Gasteiger partial charge in [-0.05, 0) is 24.5 Å². The average Bonchev–Trinajstić information content (AvgIpc) is 2.37. The van der Waals surface area contributed by atoms with Gasteiger partial charge in [-0.25, -0.2) is 13.1 Å². The van der Waals surface area contributed by atoms with Crippen LogP contribution in [0.1, 0.15) is 26.0 Å². The van der Waals surface area contributed by atoms with Gasteiger partial charge in [0.05, 0.1) is 6.10 Å². The zero-order valence-electron chi connectivity index (χ0n) is 11.6. The van der Waals surface area contributed by atoms with Crippen LogP contribution in [0.4, 0.5) is 13.2 Å². The molecule has 21 heavy (non-hydrogen) atoms. The van der Waals surface area contributed by atoms with Crippen molar-refractivity contribution in [2.75, 3.05) is 6.54 Å². The van der Waals surface area contributed by atoms with Crippen LogP contribution in [0.5, 0.6) is 0 Å². The Bertz CT molecular complexity index is 556. The number of nitrogens with one attached hydrogen (secondary N) is 1. The van der Waals surface area contributed by atoms with E-state index in [4.69, 9.17) is 0 Å². The van der Waals surface area contributed by atoms with Crippen LogP contribution in [-0.4, -0.2) is 31.2 Å². The molecule has 9 heteroatoms. The van der Waals surface area contributed by atoms with Gasteiger partial charge in [0.25, 0.3) is 0 Å². The van der Waals surface area contributed by atoms with E-state index in [1.165, 1.54) is 0 Å². The molecule has 1 atom stereocenters. The molecule has 0 aliphatic rings. The third-order valence-electron chi connectivity index (χ3n) is 2.84. The molecular weight excluding hydrogens is 309 g/mol. The van der Waals surface area contributed by atoms with Gasteiger partial charge in [-0.15, -0.1) is 0 Å². The zero-order chi connectivity index (χ0) is 16.3. The van der Waals surface area contributed by atoms with E-state index in [1.807, 2.05) is 0 Å². The van der Waals surface area contributed by atoms with Crippen LogP contribution in [0.25, 0.3) is 0 Å². The number of hydrogen-bond acceptors (Lipinski definition) is 4. The third-order valence-corrected chi connectivity index (χ3v) is 4.29. The minimum atomic E-state index is -4.61. The molecule has 0 bridgehead atoms. The highest BCUT2D eigenvalue weighted by molar-refractivity contribution is 7.89. The van der Waals surface area contributed by atoms with Crippen LogP contribution in [-0.2, 0) is 16.2 Å². The van der Waals surface area contributed by atoms with E-state index in [1.54, 1.807) is 13.8 Å². The zero-order valence-corrected chi connectivity index (χ0v) is 12.4. The maximum atomic E-state index is 12.3. The molecule has 0 aliphatic heterocycles. The minimum absolute atomic E-state index is 0.0112. The molecule has 120 valence electrons. The summed E-state index contributed by atoms with van der Waals surface area (Å²) in [4.78, 5) is 2.74. The van der Waals surface area contributed by atoms with Crippen molar-refractivity contribution in [2.24, 2.45) is 5.92 Å². The topological polar surface area (TPSA) is 79.3 Å². The normalized spacial score (nSPS) is 14.4. The summed E-state index contributed by atoms with van der Waals surface area (Å²) < 4.78 is 62.9. The van der Waals surface area contributed by atoms with Crippen LogP contribution in [0.15, 0.2) is 23.2 Å². The van der Waals surface area contributed by atoms with Crippen molar-refractivity contribution in [2.45, 2.75) is 37.4 Å². The number of hydrogen-bond donors (Lipinski definition) is 2. The Morgan fingerprint density at radius 2 is 1.95 bits per heavy atom. The third kappa shape index (κ3) is 5.25. The molecule has 0 saturated carbocycles. The number of aliphatic hydroxyl groups excluding tert-OH is 1. The van der Waals surface area contributed by atoms with Crippen molar-refractivity contribution in [3.8, 4) is 0 Å². The molecule has 0 aliphatic carbocycles. The Kier molecular flexibility index (Phi) is 5.71. The van der Waals surface area contributed by atoms with E-state index in [0.29, 0.717) is 12.3 Å². The summed E-state index contributed by atoms with van der Waals surface area (Å²) >= 11 is 0. The highest BCUT2D eigenvalue weighted by atomic mass is 32.2. The van der Waals surface area contributed by atoms with Gasteiger partial charge >= 0.3 is 6.18 Å². The Morgan fingerprint density at radius 1 is 1.33 bits per heavy atom. The number of rotatable bonds is 6. The molecule has 2 N–H and O–H groups in total. The molecule has 0 saturated heterocycles. The Labute approximate surface area is 121 Å². The lowest BCUT2D eigenvalue weighted by Crippen LogP contribution is -2.29. The summed E-state index contributed by atoms with van der Waals surface area (Å²) in [6.45, 7) is 3.57. The fourth-order valence-corrected chi connectivity index (χ4v) is 2.46. The van der Waals surface area contributed by atoms with Crippen molar-refractivity contribution < 1.29 is 26.7 Å². The van der Waals surface area contributed by atoms with Crippen LogP contribution in [0.2, 0.25) is 0 Å². The molecule has 0 unspecified atom stereocenters. The summed E-state index contributed by atoms with van der Waals surface area (Å²) in [5.41, 5.74) is -1.16. The molecule has 0 spiro atoms. The molecule has 0 aromatic carbocycles. The second-order valence-electron chi connectivity index (χ2n) is 4.87. The fraction of sp³-hybridized carbons (Fsp3) is 0.583. The predicted octanol–water partition coefficient (Wildman–Crippen LogP) is 1.79. The molecule has 5 nitrogen and oxygen atoms in total. The first-order chi connectivity index (χ1) is 9.54. The van der Waals surface area contributed by atoms with E-state index in [2.05, 4.69) is 9.71 Å². The van der Waals surface area contributed by atoms with Crippen molar-refractivity contribution in [3.63, 3.8) is 0 Å². The number of halogens is 3. The predicted molar refractivity (Wildman–Crippen MR) is 69.9 cm³/mol. The lowest BCUT2D eigenvalue weighted by atomic mass is 10.1. The van der Waals surface area contributed by atoms with Gasteiger partial charge in [0.15, 0.2) is 0 Å². The Balaban J connectivity index is 2.71. The highest BCUT2D eigenvalue weighted by Gasteiger charge is 2.32. The largest absolute Gasteiger partial charge is 0.433 e. The number of aliphatic hydroxyl groups is 1. The van der Waals surface area contributed by atoms with Gasteiger partial charge in [0.2, 0.25) is 10.0 Å². The summed E-state index contributed by atoms with van der Waals surface area (Å²) in [6, 6.07) is 1.45. The minimum Gasteiger partial charge on any atom is -0.393 e. The number of alkyl halides is 3. The van der Waals surface area contributed by atoms with E-state index < -0.39 is 28.0 Å². The maximum Gasteiger partial charge on any atom is 0.433 e. The molecule has 0 amide bonds. The van der Waals surface area contributed by atoms with E-state index in [-0.39, 0.29) is 23.8 Å². The van der Waals surface area contributed by atoms with Gasteiger partial charge in [-0.1, -0.05) is 13.8 Å². The standard InChI is InChI=1S/C12H17F3N2O3S/c1-8(2)10(18)5-6-17-21(19,20)9-3-4-11(16-7-9)12(13,14)15/h3-4,7-8,10,17-18H,5-6H2,1-2H3/t10-/m1/s1. The second-order valence-corrected chi connectivity index (χ2v) is 6.64. The van der Waals surface area contributed by atoms with Gasteiger partial charge in [-0.2, -0.15) is 13.2 Å². The van der Waals surface area contributed by atoms with E-state index >= 15 is 0 Å². The second kappa shape index (κ2) is 6.71. The van der Waals surface area contributed by atoms with Crippen LogP contribution < -0.4 is 4.72 Å². The van der Waals surface area contributed by atoms with Crippen LogP contribution >= 0.6 is 0 Å². The number of aromatic nitrogens is 1.